The first-order chi connectivity index (χ1) is 7.72. The molecule has 1 aromatic carbocycles. The maximum absolute atomic E-state index is 5.83. The van der Waals surface area contributed by atoms with Crippen molar-refractivity contribution in [1.82, 2.24) is 0 Å². The maximum atomic E-state index is 5.83. The minimum atomic E-state index is -0.426. The van der Waals surface area contributed by atoms with Crippen molar-refractivity contribution in [2.75, 3.05) is 5.23 Å². The van der Waals surface area contributed by atoms with Crippen LogP contribution >= 0.6 is 0 Å². The predicted molar refractivity (Wildman–Crippen MR) is 63.6 cm³/mol. The zero-order chi connectivity index (χ0) is 11.6. The first-order valence-corrected chi connectivity index (χ1v) is 5.95. The fourth-order valence-electron chi connectivity index (χ4n) is 1.91. The second-order valence-corrected chi connectivity index (χ2v) is 4.25. The van der Waals surface area contributed by atoms with Crippen molar-refractivity contribution in [3.8, 4) is 0 Å². The Labute approximate surface area is 96.9 Å². The van der Waals surface area contributed by atoms with Gasteiger partial charge in [-0.1, -0.05) is 39.0 Å². The Kier molecular flexibility index (Phi) is 3.17. The fourth-order valence-corrected chi connectivity index (χ4v) is 1.91. The Bertz CT molecular complexity index is 333. The molecule has 0 spiro atoms. The van der Waals surface area contributed by atoms with Gasteiger partial charge >= 0.3 is 0 Å². The monoisotopic (exact) mass is 221 g/mol. The Hall–Kier alpha value is -1.06. The second kappa shape index (κ2) is 4.44. The molecule has 1 heterocycles. The van der Waals surface area contributed by atoms with Crippen molar-refractivity contribution in [2.45, 2.75) is 39.4 Å². The van der Waals surface area contributed by atoms with E-state index in [1.54, 1.807) is 0 Å². The molecule has 1 atom stereocenters. The molecule has 1 fully saturated rings. The number of para-hydroxylation sites is 1. The zero-order valence-electron chi connectivity index (χ0n) is 10.1. The van der Waals surface area contributed by atoms with Crippen LogP contribution in [-0.2, 0) is 9.68 Å². The third-order valence-corrected chi connectivity index (χ3v) is 3.30. The van der Waals surface area contributed by atoms with E-state index in [0.717, 1.165) is 18.5 Å². The topological polar surface area (TPSA) is 21.7 Å². The van der Waals surface area contributed by atoms with Gasteiger partial charge in [0.1, 0.15) is 0 Å². The molecular formula is C13H19NO2. The standard InChI is InChI=1S/C13H19NO2/c1-4-11(3)13(5-2)15-14(16-13)12-9-7-6-8-10-12/h6-11H,4-5H2,1-3H3. The molecule has 1 unspecified atom stereocenters. The average Bonchev–Trinajstić information content (AvgIpc) is 2.29. The van der Waals surface area contributed by atoms with Crippen LogP contribution in [0.5, 0.6) is 0 Å². The van der Waals surface area contributed by atoms with Crippen LogP contribution in [0.1, 0.15) is 33.6 Å². The molecule has 2 rings (SSSR count). The Morgan fingerprint density at radius 2 is 1.81 bits per heavy atom. The van der Waals surface area contributed by atoms with E-state index in [2.05, 4.69) is 20.8 Å². The molecule has 0 aromatic heterocycles. The molecule has 0 saturated carbocycles. The van der Waals surface area contributed by atoms with Crippen LogP contribution in [-0.4, -0.2) is 5.79 Å². The first-order valence-electron chi connectivity index (χ1n) is 5.95. The van der Waals surface area contributed by atoms with Gasteiger partial charge in [0.05, 0.1) is 5.69 Å². The molecule has 0 radical (unpaired) electrons. The summed E-state index contributed by atoms with van der Waals surface area (Å²) >= 11 is 0. The van der Waals surface area contributed by atoms with Crippen LogP contribution in [0.15, 0.2) is 30.3 Å². The molecule has 16 heavy (non-hydrogen) atoms. The number of anilines is 1. The molecule has 3 heteroatoms. The van der Waals surface area contributed by atoms with Crippen molar-refractivity contribution in [3.05, 3.63) is 30.3 Å². The summed E-state index contributed by atoms with van der Waals surface area (Å²) in [6, 6.07) is 9.85. The van der Waals surface area contributed by atoms with Crippen LogP contribution in [0.3, 0.4) is 0 Å². The minimum absolute atomic E-state index is 0.400. The molecule has 0 bridgehead atoms. The van der Waals surface area contributed by atoms with Gasteiger partial charge in [-0.2, -0.15) is 0 Å². The highest BCUT2D eigenvalue weighted by Gasteiger charge is 2.49. The Morgan fingerprint density at radius 1 is 1.19 bits per heavy atom. The van der Waals surface area contributed by atoms with E-state index < -0.39 is 5.79 Å². The SMILES string of the molecule is CCC(C)C1(CC)ON(c2ccccc2)O1. The van der Waals surface area contributed by atoms with Crippen LogP contribution in [0, 0.1) is 5.92 Å². The number of hydrogen-bond donors (Lipinski definition) is 0. The fraction of sp³-hybridized carbons (Fsp3) is 0.538. The quantitative estimate of drug-likeness (QED) is 0.776. The molecular weight excluding hydrogens is 202 g/mol. The van der Waals surface area contributed by atoms with Gasteiger partial charge in [-0.05, 0) is 18.6 Å². The summed E-state index contributed by atoms with van der Waals surface area (Å²) < 4.78 is 0. The lowest BCUT2D eigenvalue weighted by molar-refractivity contribution is -0.438. The lowest BCUT2D eigenvalue weighted by atomic mass is 9.95. The van der Waals surface area contributed by atoms with Gasteiger partial charge in [0.15, 0.2) is 0 Å². The van der Waals surface area contributed by atoms with Gasteiger partial charge in [-0.15, -0.1) is 5.23 Å². The maximum Gasteiger partial charge on any atom is 0.227 e. The van der Waals surface area contributed by atoms with Crippen molar-refractivity contribution < 1.29 is 9.68 Å². The van der Waals surface area contributed by atoms with E-state index in [4.69, 9.17) is 9.68 Å². The second-order valence-electron chi connectivity index (χ2n) is 4.25. The smallest absolute Gasteiger partial charge is 0.210 e. The molecule has 1 aliphatic heterocycles. The highest BCUT2D eigenvalue weighted by atomic mass is 17.1. The van der Waals surface area contributed by atoms with Gasteiger partial charge in [0, 0.05) is 12.3 Å². The number of rotatable bonds is 4. The molecule has 1 aromatic rings. The molecule has 1 saturated heterocycles. The third-order valence-electron chi connectivity index (χ3n) is 3.30. The van der Waals surface area contributed by atoms with Gasteiger partial charge in [0.25, 0.3) is 0 Å². The highest BCUT2D eigenvalue weighted by molar-refractivity contribution is 5.42. The third kappa shape index (κ3) is 1.81. The summed E-state index contributed by atoms with van der Waals surface area (Å²) in [5.41, 5.74) is 0.940. The van der Waals surface area contributed by atoms with E-state index in [1.807, 2.05) is 30.3 Å². The predicted octanol–water partition coefficient (Wildman–Crippen LogP) is 3.52. The number of hydrogen-bond acceptors (Lipinski definition) is 3. The zero-order valence-corrected chi connectivity index (χ0v) is 10.1. The molecule has 0 amide bonds. The number of benzene rings is 1. The van der Waals surface area contributed by atoms with Gasteiger partial charge in [0.2, 0.25) is 5.79 Å². The molecule has 0 aliphatic carbocycles. The number of nitrogens with zero attached hydrogens (tertiary/aromatic N) is 1. The van der Waals surface area contributed by atoms with E-state index in [1.165, 1.54) is 5.23 Å². The van der Waals surface area contributed by atoms with Crippen LogP contribution in [0.4, 0.5) is 5.69 Å². The lowest BCUT2D eigenvalue weighted by Gasteiger charge is -2.50. The van der Waals surface area contributed by atoms with E-state index >= 15 is 0 Å². The molecule has 3 nitrogen and oxygen atoms in total. The molecule has 1 aliphatic rings. The average molecular weight is 221 g/mol. The summed E-state index contributed by atoms with van der Waals surface area (Å²) in [6.45, 7) is 6.40. The summed E-state index contributed by atoms with van der Waals surface area (Å²) in [7, 11) is 0. The van der Waals surface area contributed by atoms with E-state index in [9.17, 15) is 0 Å². The van der Waals surface area contributed by atoms with Gasteiger partial charge in [-0.25, -0.2) is 9.68 Å². The molecule has 88 valence electrons. The van der Waals surface area contributed by atoms with E-state index in [-0.39, 0.29) is 0 Å². The van der Waals surface area contributed by atoms with Crippen LogP contribution in [0.2, 0.25) is 0 Å². The van der Waals surface area contributed by atoms with Crippen molar-refractivity contribution >= 4 is 5.69 Å². The van der Waals surface area contributed by atoms with Crippen molar-refractivity contribution in [3.63, 3.8) is 0 Å². The summed E-state index contributed by atoms with van der Waals surface area (Å²) in [6.07, 6.45) is 1.92. The van der Waals surface area contributed by atoms with Crippen LogP contribution < -0.4 is 5.23 Å². The first kappa shape index (κ1) is 11.4. The summed E-state index contributed by atoms with van der Waals surface area (Å²) in [5, 5.41) is 1.51. The van der Waals surface area contributed by atoms with E-state index in [0.29, 0.717) is 5.92 Å². The normalized spacial score (nSPS) is 20.3. The largest absolute Gasteiger partial charge is 0.227 e. The minimum Gasteiger partial charge on any atom is -0.210 e. The van der Waals surface area contributed by atoms with Gasteiger partial charge in [-0.3, -0.25) is 0 Å². The summed E-state index contributed by atoms with van der Waals surface area (Å²) in [5.74, 6) is -0.0256. The Balaban J connectivity index is 2.03. The van der Waals surface area contributed by atoms with Crippen molar-refractivity contribution in [1.29, 1.82) is 0 Å². The van der Waals surface area contributed by atoms with Crippen LogP contribution in [0.25, 0.3) is 0 Å². The molecule has 0 N–H and O–H groups in total. The summed E-state index contributed by atoms with van der Waals surface area (Å²) in [4.78, 5) is 11.7. The van der Waals surface area contributed by atoms with Crippen molar-refractivity contribution in [2.24, 2.45) is 5.92 Å². The van der Waals surface area contributed by atoms with Gasteiger partial charge < -0.3 is 0 Å². The Morgan fingerprint density at radius 3 is 2.31 bits per heavy atom. The lowest BCUT2D eigenvalue weighted by Crippen LogP contribution is -2.60. The highest BCUT2D eigenvalue weighted by Crippen LogP contribution is 2.41.